The highest BCUT2D eigenvalue weighted by Gasteiger charge is 2.31. The van der Waals surface area contributed by atoms with Crippen molar-refractivity contribution in [1.29, 1.82) is 0 Å². The Morgan fingerprint density at radius 2 is 2.33 bits per heavy atom. The van der Waals surface area contributed by atoms with Crippen molar-refractivity contribution in [3.63, 3.8) is 0 Å². The third-order valence-electron chi connectivity index (χ3n) is 2.74. The Bertz CT molecular complexity index is 360. The Morgan fingerprint density at radius 3 is 3.00 bits per heavy atom. The Labute approximate surface area is 89.1 Å². The molecule has 1 aromatic heterocycles. The van der Waals surface area contributed by atoms with E-state index in [1.54, 1.807) is 6.20 Å². The maximum absolute atomic E-state index is 11.3. The minimum atomic E-state index is -0.00931. The zero-order chi connectivity index (χ0) is 10.8. The molecule has 5 heteroatoms. The molecule has 1 atom stereocenters. The van der Waals surface area contributed by atoms with Gasteiger partial charge in [-0.15, -0.1) is 0 Å². The SMILES string of the molecule is CCN1CC(=O)N[C@H]1c1ccnn1CC. The van der Waals surface area contributed by atoms with Gasteiger partial charge in [0.25, 0.3) is 0 Å². The number of amides is 1. The Kier molecular flexibility index (Phi) is 2.73. The highest BCUT2D eigenvalue weighted by atomic mass is 16.2. The maximum atomic E-state index is 11.3. The van der Waals surface area contributed by atoms with Crippen molar-refractivity contribution >= 4 is 5.91 Å². The van der Waals surface area contributed by atoms with Crippen LogP contribution in [0.5, 0.6) is 0 Å². The molecule has 82 valence electrons. The summed E-state index contributed by atoms with van der Waals surface area (Å²) >= 11 is 0. The van der Waals surface area contributed by atoms with Gasteiger partial charge in [0.1, 0.15) is 6.17 Å². The minimum Gasteiger partial charge on any atom is -0.334 e. The molecule has 0 spiro atoms. The highest BCUT2D eigenvalue weighted by Crippen LogP contribution is 2.21. The number of carbonyl (C=O) groups is 1. The van der Waals surface area contributed by atoms with E-state index in [1.807, 2.05) is 17.7 Å². The molecule has 2 heterocycles. The van der Waals surface area contributed by atoms with Crippen molar-refractivity contribution in [3.05, 3.63) is 18.0 Å². The summed E-state index contributed by atoms with van der Waals surface area (Å²) in [7, 11) is 0. The average molecular weight is 208 g/mol. The van der Waals surface area contributed by atoms with Crippen LogP contribution in [0.1, 0.15) is 25.7 Å². The molecule has 2 rings (SSSR count). The third kappa shape index (κ3) is 1.74. The zero-order valence-corrected chi connectivity index (χ0v) is 9.10. The smallest absolute Gasteiger partial charge is 0.235 e. The fraction of sp³-hybridized carbons (Fsp3) is 0.600. The number of hydrogen-bond acceptors (Lipinski definition) is 3. The maximum Gasteiger partial charge on any atom is 0.235 e. The molecule has 0 saturated carbocycles. The topological polar surface area (TPSA) is 50.2 Å². The zero-order valence-electron chi connectivity index (χ0n) is 9.10. The van der Waals surface area contributed by atoms with Crippen LogP contribution in [-0.2, 0) is 11.3 Å². The van der Waals surface area contributed by atoms with Gasteiger partial charge in [0, 0.05) is 12.7 Å². The van der Waals surface area contributed by atoms with Gasteiger partial charge in [-0.1, -0.05) is 6.92 Å². The monoisotopic (exact) mass is 208 g/mol. The summed E-state index contributed by atoms with van der Waals surface area (Å²) in [5.74, 6) is 0.0886. The lowest BCUT2D eigenvalue weighted by molar-refractivity contribution is -0.118. The molecule has 1 saturated heterocycles. The van der Waals surface area contributed by atoms with E-state index in [-0.39, 0.29) is 12.1 Å². The number of likely N-dealkylation sites (N-methyl/N-ethyl adjacent to an activating group) is 1. The summed E-state index contributed by atoms with van der Waals surface area (Å²) in [5.41, 5.74) is 1.06. The van der Waals surface area contributed by atoms with Crippen LogP contribution in [0.2, 0.25) is 0 Å². The molecule has 1 N–H and O–H groups in total. The molecule has 0 aromatic carbocycles. The molecule has 15 heavy (non-hydrogen) atoms. The Hall–Kier alpha value is -1.36. The lowest BCUT2D eigenvalue weighted by Gasteiger charge is -2.21. The van der Waals surface area contributed by atoms with Gasteiger partial charge in [-0.25, -0.2) is 0 Å². The van der Waals surface area contributed by atoms with Crippen LogP contribution in [0.25, 0.3) is 0 Å². The van der Waals surface area contributed by atoms with Crippen molar-refractivity contribution in [2.75, 3.05) is 13.1 Å². The molecule has 1 amide bonds. The molecule has 0 bridgehead atoms. The van der Waals surface area contributed by atoms with Gasteiger partial charge in [0.15, 0.2) is 0 Å². The fourth-order valence-corrected chi connectivity index (χ4v) is 1.96. The van der Waals surface area contributed by atoms with E-state index in [0.29, 0.717) is 6.54 Å². The number of aryl methyl sites for hydroxylation is 1. The summed E-state index contributed by atoms with van der Waals surface area (Å²) in [6.07, 6.45) is 1.77. The van der Waals surface area contributed by atoms with Crippen molar-refractivity contribution in [2.45, 2.75) is 26.6 Å². The largest absolute Gasteiger partial charge is 0.334 e. The number of rotatable bonds is 3. The average Bonchev–Trinajstić information content (AvgIpc) is 2.82. The molecule has 0 radical (unpaired) electrons. The normalized spacial score (nSPS) is 22.0. The van der Waals surface area contributed by atoms with Crippen LogP contribution >= 0.6 is 0 Å². The van der Waals surface area contributed by atoms with E-state index in [9.17, 15) is 4.79 Å². The van der Waals surface area contributed by atoms with Crippen LogP contribution in [0, 0.1) is 0 Å². The number of aromatic nitrogens is 2. The predicted octanol–water partition coefficient (Wildman–Crippen LogP) is 0.353. The minimum absolute atomic E-state index is 0.00931. The van der Waals surface area contributed by atoms with Gasteiger partial charge < -0.3 is 5.32 Å². The second-order valence-corrected chi connectivity index (χ2v) is 3.60. The van der Waals surface area contributed by atoms with Gasteiger partial charge in [0.05, 0.1) is 12.2 Å². The second kappa shape index (κ2) is 4.02. The van der Waals surface area contributed by atoms with E-state index in [0.717, 1.165) is 18.8 Å². The van der Waals surface area contributed by atoms with Crippen LogP contribution in [-0.4, -0.2) is 33.7 Å². The molecule has 0 aliphatic carbocycles. The molecule has 1 aliphatic heterocycles. The molecule has 1 aliphatic rings. The number of carbonyl (C=O) groups excluding carboxylic acids is 1. The standard InChI is InChI=1S/C10H16N4O/c1-3-13-7-9(15)12-10(13)8-5-6-11-14(8)4-2/h5-6,10H,3-4,7H2,1-2H3,(H,12,15)/t10-/m1/s1. The first-order valence-electron chi connectivity index (χ1n) is 5.31. The lowest BCUT2D eigenvalue weighted by atomic mass is 10.3. The summed E-state index contributed by atoms with van der Waals surface area (Å²) in [4.78, 5) is 13.4. The van der Waals surface area contributed by atoms with Crippen LogP contribution in [0.3, 0.4) is 0 Å². The molecule has 0 unspecified atom stereocenters. The van der Waals surface area contributed by atoms with Gasteiger partial charge in [-0.3, -0.25) is 14.4 Å². The molecule has 1 aromatic rings. The molecular formula is C10H16N4O. The number of hydrogen-bond donors (Lipinski definition) is 1. The Balaban J connectivity index is 2.26. The summed E-state index contributed by atoms with van der Waals surface area (Å²) in [5, 5.41) is 7.17. The molecular weight excluding hydrogens is 192 g/mol. The van der Waals surface area contributed by atoms with Crippen molar-refractivity contribution in [1.82, 2.24) is 20.0 Å². The second-order valence-electron chi connectivity index (χ2n) is 3.60. The quantitative estimate of drug-likeness (QED) is 0.780. The van der Waals surface area contributed by atoms with E-state index in [1.165, 1.54) is 0 Å². The lowest BCUT2D eigenvalue weighted by Crippen LogP contribution is -2.29. The van der Waals surface area contributed by atoms with E-state index in [2.05, 4.69) is 22.2 Å². The first-order valence-corrected chi connectivity index (χ1v) is 5.31. The van der Waals surface area contributed by atoms with E-state index >= 15 is 0 Å². The van der Waals surface area contributed by atoms with Gasteiger partial charge >= 0.3 is 0 Å². The third-order valence-corrected chi connectivity index (χ3v) is 2.74. The summed E-state index contributed by atoms with van der Waals surface area (Å²) < 4.78 is 1.92. The first kappa shape index (κ1) is 10.2. The van der Waals surface area contributed by atoms with Crippen LogP contribution in [0.4, 0.5) is 0 Å². The highest BCUT2D eigenvalue weighted by molar-refractivity contribution is 5.80. The summed E-state index contributed by atoms with van der Waals surface area (Å²) in [6, 6.07) is 1.96. The first-order chi connectivity index (χ1) is 7.26. The van der Waals surface area contributed by atoms with E-state index < -0.39 is 0 Å². The van der Waals surface area contributed by atoms with Crippen molar-refractivity contribution < 1.29 is 4.79 Å². The van der Waals surface area contributed by atoms with Crippen molar-refractivity contribution in [3.8, 4) is 0 Å². The van der Waals surface area contributed by atoms with Crippen LogP contribution < -0.4 is 5.32 Å². The molecule has 1 fully saturated rings. The number of nitrogens with zero attached hydrogens (tertiary/aromatic N) is 3. The van der Waals surface area contributed by atoms with Gasteiger partial charge in [-0.2, -0.15) is 5.10 Å². The van der Waals surface area contributed by atoms with Crippen molar-refractivity contribution in [2.24, 2.45) is 0 Å². The fourth-order valence-electron chi connectivity index (χ4n) is 1.96. The Morgan fingerprint density at radius 1 is 1.53 bits per heavy atom. The van der Waals surface area contributed by atoms with Gasteiger partial charge in [0.2, 0.25) is 5.91 Å². The van der Waals surface area contributed by atoms with E-state index in [4.69, 9.17) is 0 Å². The molecule has 5 nitrogen and oxygen atoms in total. The summed E-state index contributed by atoms with van der Waals surface area (Å²) in [6.45, 7) is 6.27. The predicted molar refractivity (Wildman–Crippen MR) is 56.0 cm³/mol. The van der Waals surface area contributed by atoms with Gasteiger partial charge in [-0.05, 0) is 19.5 Å². The number of nitrogens with one attached hydrogen (secondary N) is 1. The van der Waals surface area contributed by atoms with Crippen LogP contribution in [0.15, 0.2) is 12.3 Å².